The molecule has 0 aromatic heterocycles. The molecule has 2 amide bonds. The lowest BCUT2D eigenvalue weighted by Gasteiger charge is -2.18. The molecule has 1 aliphatic heterocycles. The molecule has 6 heteroatoms. The summed E-state index contributed by atoms with van der Waals surface area (Å²) in [7, 11) is 1.33. The summed E-state index contributed by atoms with van der Waals surface area (Å²) in [5.74, 6) is 0.0767. The highest BCUT2D eigenvalue weighted by molar-refractivity contribution is 5.78. The smallest absolute Gasteiger partial charge is 0.407 e. The number of nitrogens with one attached hydrogen (secondary N) is 2. The maximum Gasteiger partial charge on any atom is 0.407 e. The molecule has 1 rings (SSSR count). The predicted molar refractivity (Wildman–Crippen MR) is 63.7 cm³/mol. The highest BCUT2D eigenvalue weighted by Crippen LogP contribution is 2.09. The third-order valence-corrected chi connectivity index (χ3v) is 2.71. The van der Waals surface area contributed by atoms with Crippen molar-refractivity contribution in [3.63, 3.8) is 0 Å². The molecular weight excluding hydrogens is 222 g/mol. The second-order valence-corrected chi connectivity index (χ2v) is 4.50. The third kappa shape index (κ3) is 4.60. The van der Waals surface area contributed by atoms with Gasteiger partial charge in [0.05, 0.1) is 19.7 Å². The van der Waals surface area contributed by atoms with Gasteiger partial charge in [0, 0.05) is 19.1 Å². The minimum absolute atomic E-state index is 0.00505. The van der Waals surface area contributed by atoms with Gasteiger partial charge in [0.15, 0.2) is 0 Å². The topological polar surface area (TPSA) is 70.7 Å². The van der Waals surface area contributed by atoms with Crippen molar-refractivity contribution < 1.29 is 14.3 Å². The molecule has 17 heavy (non-hydrogen) atoms. The highest BCUT2D eigenvalue weighted by atomic mass is 16.5. The minimum Gasteiger partial charge on any atom is -0.453 e. The van der Waals surface area contributed by atoms with E-state index in [0.717, 1.165) is 6.42 Å². The van der Waals surface area contributed by atoms with Gasteiger partial charge in [-0.2, -0.15) is 0 Å². The maximum absolute atomic E-state index is 11.8. The first-order valence-corrected chi connectivity index (χ1v) is 5.88. The van der Waals surface area contributed by atoms with Gasteiger partial charge < -0.3 is 20.3 Å². The number of methoxy groups -OCH3 is 1. The Balaban J connectivity index is 2.29. The Kier molecular flexibility index (Phi) is 5.21. The number of nitrogens with zero attached hydrogens (tertiary/aromatic N) is 1. The Bertz CT molecular complexity index is 281. The predicted octanol–water partition coefficient (Wildman–Crippen LogP) is -0.0587. The quantitative estimate of drug-likeness (QED) is 0.726. The molecule has 0 bridgehead atoms. The first-order chi connectivity index (χ1) is 8.02. The van der Waals surface area contributed by atoms with E-state index in [2.05, 4.69) is 15.4 Å². The molecule has 1 fully saturated rings. The summed E-state index contributed by atoms with van der Waals surface area (Å²) in [6.07, 6.45) is 0.340. The summed E-state index contributed by atoms with van der Waals surface area (Å²) in [5, 5.41) is 5.79. The van der Waals surface area contributed by atoms with Gasteiger partial charge in [-0.15, -0.1) is 0 Å². The van der Waals surface area contributed by atoms with Gasteiger partial charge in [-0.05, 0) is 6.42 Å². The van der Waals surface area contributed by atoms with E-state index < -0.39 is 6.09 Å². The van der Waals surface area contributed by atoms with Crippen LogP contribution in [0.15, 0.2) is 0 Å². The van der Waals surface area contributed by atoms with Crippen LogP contribution in [0.25, 0.3) is 0 Å². The first-order valence-electron chi connectivity index (χ1n) is 5.88. The molecule has 0 aliphatic carbocycles. The Morgan fingerprint density at radius 1 is 1.47 bits per heavy atom. The van der Waals surface area contributed by atoms with Crippen LogP contribution in [0.1, 0.15) is 20.3 Å². The molecule has 1 atom stereocenters. The Hall–Kier alpha value is -1.30. The standard InChI is InChI=1S/C11H21N3O3/c1-8(2)12-6-10(15)14-5-4-9(7-14)13-11(16)17-3/h8-9,12H,4-7H2,1-3H3,(H,13,16). The van der Waals surface area contributed by atoms with E-state index in [4.69, 9.17) is 0 Å². The lowest BCUT2D eigenvalue weighted by atomic mass is 10.3. The number of hydrogen-bond donors (Lipinski definition) is 2. The van der Waals surface area contributed by atoms with Gasteiger partial charge >= 0.3 is 6.09 Å². The summed E-state index contributed by atoms with van der Waals surface area (Å²) in [4.78, 5) is 24.5. The van der Waals surface area contributed by atoms with Crippen molar-refractivity contribution in [2.45, 2.75) is 32.4 Å². The fourth-order valence-electron chi connectivity index (χ4n) is 1.73. The van der Waals surface area contributed by atoms with Crippen LogP contribution in [0.4, 0.5) is 4.79 Å². The van der Waals surface area contributed by atoms with Crippen LogP contribution in [0.2, 0.25) is 0 Å². The summed E-state index contributed by atoms with van der Waals surface area (Å²) >= 11 is 0. The van der Waals surface area contributed by atoms with Crippen LogP contribution >= 0.6 is 0 Å². The number of alkyl carbamates (subject to hydrolysis) is 1. The summed E-state index contributed by atoms with van der Waals surface area (Å²) in [6, 6.07) is 0.302. The van der Waals surface area contributed by atoms with E-state index >= 15 is 0 Å². The molecule has 1 unspecified atom stereocenters. The largest absolute Gasteiger partial charge is 0.453 e. The summed E-state index contributed by atoms with van der Waals surface area (Å²) in [5.41, 5.74) is 0. The van der Waals surface area contributed by atoms with Crippen molar-refractivity contribution in [3.8, 4) is 0 Å². The average molecular weight is 243 g/mol. The van der Waals surface area contributed by atoms with Crippen LogP contribution in [-0.2, 0) is 9.53 Å². The van der Waals surface area contributed by atoms with E-state index in [-0.39, 0.29) is 11.9 Å². The van der Waals surface area contributed by atoms with Crippen molar-refractivity contribution in [2.75, 3.05) is 26.7 Å². The number of amides is 2. The van der Waals surface area contributed by atoms with Crippen LogP contribution < -0.4 is 10.6 Å². The van der Waals surface area contributed by atoms with Gasteiger partial charge in [0.1, 0.15) is 0 Å². The molecular formula is C11H21N3O3. The fraction of sp³-hybridized carbons (Fsp3) is 0.818. The van der Waals surface area contributed by atoms with Crippen molar-refractivity contribution >= 4 is 12.0 Å². The Morgan fingerprint density at radius 2 is 2.18 bits per heavy atom. The molecule has 1 saturated heterocycles. The summed E-state index contributed by atoms with van der Waals surface area (Å²) in [6.45, 7) is 5.60. The molecule has 1 heterocycles. The van der Waals surface area contributed by atoms with E-state index in [1.807, 2.05) is 13.8 Å². The third-order valence-electron chi connectivity index (χ3n) is 2.71. The van der Waals surface area contributed by atoms with Gasteiger partial charge in [0.25, 0.3) is 0 Å². The first kappa shape index (κ1) is 13.8. The van der Waals surface area contributed by atoms with E-state index in [1.165, 1.54) is 7.11 Å². The van der Waals surface area contributed by atoms with Crippen molar-refractivity contribution in [3.05, 3.63) is 0 Å². The summed E-state index contributed by atoms with van der Waals surface area (Å²) < 4.78 is 4.52. The van der Waals surface area contributed by atoms with Crippen molar-refractivity contribution in [1.82, 2.24) is 15.5 Å². The van der Waals surface area contributed by atoms with Gasteiger partial charge in [0.2, 0.25) is 5.91 Å². The van der Waals surface area contributed by atoms with E-state index in [0.29, 0.717) is 25.7 Å². The average Bonchev–Trinajstić information content (AvgIpc) is 2.74. The van der Waals surface area contributed by atoms with Crippen LogP contribution in [0.5, 0.6) is 0 Å². The number of rotatable bonds is 4. The molecule has 98 valence electrons. The molecule has 0 aromatic rings. The highest BCUT2D eigenvalue weighted by Gasteiger charge is 2.27. The molecule has 2 N–H and O–H groups in total. The van der Waals surface area contributed by atoms with Crippen LogP contribution in [-0.4, -0.2) is 55.7 Å². The zero-order valence-corrected chi connectivity index (χ0v) is 10.7. The Labute approximate surface area is 102 Å². The molecule has 0 aromatic carbocycles. The molecule has 6 nitrogen and oxygen atoms in total. The van der Waals surface area contributed by atoms with Crippen molar-refractivity contribution in [1.29, 1.82) is 0 Å². The van der Waals surface area contributed by atoms with Crippen molar-refractivity contribution in [2.24, 2.45) is 0 Å². The van der Waals surface area contributed by atoms with Gasteiger partial charge in [-0.25, -0.2) is 4.79 Å². The number of ether oxygens (including phenoxy) is 1. The second kappa shape index (κ2) is 6.44. The van der Waals surface area contributed by atoms with E-state index in [9.17, 15) is 9.59 Å². The van der Waals surface area contributed by atoms with Crippen LogP contribution in [0.3, 0.4) is 0 Å². The lowest BCUT2D eigenvalue weighted by molar-refractivity contribution is -0.129. The molecule has 0 spiro atoms. The minimum atomic E-state index is -0.440. The Morgan fingerprint density at radius 3 is 2.76 bits per heavy atom. The van der Waals surface area contributed by atoms with Crippen LogP contribution in [0, 0.1) is 0 Å². The fourth-order valence-corrected chi connectivity index (χ4v) is 1.73. The monoisotopic (exact) mass is 243 g/mol. The zero-order valence-electron chi connectivity index (χ0n) is 10.7. The second-order valence-electron chi connectivity index (χ2n) is 4.50. The normalized spacial score (nSPS) is 19.5. The lowest BCUT2D eigenvalue weighted by Crippen LogP contribution is -2.42. The van der Waals surface area contributed by atoms with E-state index in [1.54, 1.807) is 4.90 Å². The number of likely N-dealkylation sites (tertiary alicyclic amines) is 1. The zero-order chi connectivity index (χ0) is 12.8. The molecule has 0 radical (unpaired) electrons. The van der Waals surface area contributed by atoms with Gasteiger partial charge in [-0.3, -0.25) is 4.79 Å². The number of carbonyl (C=O) groups is 2. The SMILES string of the molecule is COC(=O)NC1CCN(C(=O)CNC(C)C)C1. The maximum atomic E-state index is 11.8. The molecule has 0 saturated carbocycles. The number of hydrogen-bond acceptors (Lipinski definition) is 4. The van der Waals surface area contributed by atoms with Gasteiger partial charge in [-0.1, -0.05) is 13.8 Å². The number of carbonyl (C=O) groups excluding carboxylic acids is 2. The molecule has 1 aliphatic rings.